The van der Waals surface area contributed by atoms with E-state index in [0.717, 1.165) is 6.54 Å². The van der Waals surface area contributed by atoms with E-state index in [2.05, 4.69) is 33.2 Å². The van der Waals surface area contributed by atoms with Crippen LogP contribution in [0, 0.1) is 0 Å². The van der Waals surface area contributed by atoms with Gasteiger partial charge in [-0.05, 0) is 32.9 Å². The average molecular weight is 232 g/mol. The Kier molecular flexibility index (Phi) is 2.11. The molecular formula is C13H20N4. The molecule has 17 heavy (non-hydrogen) atoms. The molecule has 2 bridgehead atoms. The minimum atomic E-state index is 0.594. The first kappa shape index (κ1) is 10.1. The first-order valence-electron chi connectivity index (χ1n) is 6.82. The Hall–Kier alpha value is -0.870. The van der Waals surface area contributed by atoms with E-state index in [1.807, 2.05) is 0 Å². The Balaban J connectivity index is 1.70. The van der Waals surface area contributed by atoms with Gasteiger partial charge in [0.25, 0.3) is 0 Å². The largest absolute Gasteiger partial charge is 0.307 e. The highest BCUT2D eigenvalue weighted by Gasteiger charge is 2.36. The molecule has 2 fully saturated rings. The van der Waals surface area contributed by atoms with E-state index in [1.54, 1.807) is 0 Å². The third kappa shape index (κ3) is 1.47. The molecule has 0 aliphatic carbocycles. The molecule has 4 nitrogen and oxygen atoms in total. The van der Waals surface area contributed by atoms with Crippen molar-refractivity contribution in [3.8, 4) is 0 Å². The van der Waals surface area contributed by atoms with Crippen molar-refractivity contribution in [3.05, 3.63) is 17.5 Å². The monoisotopic (exact) mass is 232 g/mol. The van der Waals surface area contributed by atoms with E-state index in [1.165, 1.54) is 43.5 Å². The number of likely N-dealkylation sites (N-methyl/N-ethyl adjacent to an activating group) is 1. The maximum atomic E-state index is 4.68. The van der Waals surface area contributed by atoms with Crippen molar-refractivity contribution < 1.29 is 0 Å². The molecule has 3 unspecified atom stereocenters. The summed E-state index contributed by atoms with van der Waals surface area (Å²) in [5.41, 5.74) is 3.00. The number of rotatable bonds is 1. The summed E-state index contributed by atoms with van der Waals surface area (Å²) >= 11 is 0. The Bertz CT molecular complexity index is 439. The fourth-order valence-corrected chi connectivity index (χ4v) is 3.79. The fourth-order valence-electron chi connectivity index (χ4n) is 3.79. The molecule has 2 saturated heterocycles. The lowest BCUT2D eigenvalue weighted by Crippen LogP contribution is -2.33. The molecule has 3 atom stereocenters. The van der Waals surface area contributed by atoms with Gasteiger partial charge in [-0.25, -0.2) is 0 Å². The topological polar surface area (TPSA) is 33.1 Å². The van der Waals surface area contributed by atoms with Gasteiger partial charge in [0.2, 0.25) is 0 Å². The summed E-state index contributed by atoms with van der Waals surface area (Å²) in [6, 6.07) is 1.92. The Labute approximate surface area is 102 Å². The van der Waals surface area contributed by atoms with E-state index < -0.39 is 0 Å². The third-order valence-electron chi connectivity index (χ3n) is 4.70. The molecule has 4 rings (SSSR count). The van der Waals surface area contributed by atoms with Crippen LogP contribution >= 0.6 is 0 Å². The molecule has 4 heteroatoms. The summed E-state index contributed by atoms with van der Waals surface area (Å²) in [6.07, 6.45) is 7.20. The second-order valence-electron chi connectivity index (χ2n) is 5.89. The smallest absolute Gasteiger partial charge is 0.0661 e. The highest BCUT2D eigenvalue weighted by molar-refractivity contribution is 5.29. The lowest BCUT2D eigenvalue weighted by molar-refractivity contribution is 0.372. The molecule has 0 radical (unpaired) electrons. The van der Waals surface area contributed by atoms with Gasteiger partial charge in [-0.2, -0.15) is 5.10 Å². The molecule has 0 aromatic carbocycles. The van der Waals surface area contributed by atoms with E-state index >= 15 is 0 Å². The molecule has 0 spiro atoms. The van der Waals surface area contributed by atoms with Gasteiger partial charge in [0, 0.05) is 36.3 Å². The Morgan fingerprint density at radius 2 is 2.29 bits per heavy atom. The molecule has 1 N–H and O–H groups in total. The summed E-state index contributed by atoms with van der Waals surface area (Å²) in [5.74, 6) is 0. The summed E-state index contributed by atoms with van der Waals surface area (Å²) in [6.45, 7) is 2.38. The second-order valence-corrected chi connectivity index (χ2v) is 5.89. The predicted molar refractivity (Wildman–Crippen MR) is 66.0 cm³/mol. The summed E-state index contributed by atoms with van der Waals surface area (Å²) in [5, 5.41) is 8.38. The number of hydrogen-bond acceptors (Lipinski definition) is 3. The lowest BCUT2D eigenvalue weighted by atomic mass is 10.0. The van der Waals surface area contributed by atoms with Crippen LogP contribution < -0.4 is 5.32 Å². The molecule has 0 saturated carbocycles. The molecule has 0 amide bonds. The van der Waals surface area contributed by atoms with Crippen LogP contribution in [0.4, 0.5) is 0 Å². The zero-order valence-corrected chi connectivity index (χ0v) is 10.4. The van der Waals surface area contributed by atoms with Gasteiger partial charge in [-0.3, -0.25) is 4.68 Å². The van der Waals surface area contributed by atoms with Gasteiger partial charge in [-0.15, -0.1) is 0 Å². The van der Waals surface area contributed by atoms with Crippen molar-refractivity contribution in [3.63, 3.8) is 0 Å². The quantitative estimate of drug-likeness (QED) is 0.787. The molecule has 4 heterocycles. The normalized spacial score (nSPS) is 36.4. The summed E-state index contributed by atoms with van der Waals surface area (Å²) in [4.78, 5) is 2.41. The highest BCUT2D eigenvalue weighted by atomic mass is 15.3. The molecular weight excluding hydrogens is 212 g/mol. The zero-order valence-electron chi connectivity index (χ0n) is 10.4. The van der Waals surface area contributed by atoms with Gasteiger partial charge >= 0.3 is 0 Å². The minimum absolute atomic E-state index is 0.594. The van der Waals surface area contributed by atoms with Gasteiger partial charge < -0.3 is 10.2 Å². The molecule has 3 aliphatic heterocycles. The van der Waals surface area contributed by atoms with E-state index in [-0.39, 0.29) is 0 Å². The van der Waals surface area contributed by atoms with Crippen molar-refractivity contribution in [1.82, 2.24) is 20.0 Å². The maximum absolute atomic E-state index is 4.68. The van der Waals surface area contributed by atoms with Crippen molar-refractivity contribution in [2.45, 2.75) is 43.8 Å². The van der Waals surface area contributed by atoms with Crippen LogP contribution in [-0.4, -0.2) is 40.9 Å². The number of nitrogens with zero attached hydrogens (tertiary/aromatic N) is 3. The van der Waals surface area contributed by atoms with Crippen LogP contribution in [0.25, 0.3) is 0 Å². The number of nitrogens with one attached hydrogen (secondary N) is 1. The van der Waals surface area contributed by atoms with Gasteiger partial charge in [0.1, 0.15) is 0 Å². The summed E-state index contributed by atoms with van der Waals surface area (Å²) in [7, 11) is 2.21. The number of hydrogen-bond donors (Lipinski definition) is 1. The first-order chi connectivity index (χ1) is 8.31. The lowest BCUT2D eigenvalue weighted by Gasteiger charge is -2.24. The fraction of sp³-hybridized carbons (Fsp3) is 0.769. The van der Waals surface area contributed by atoms with Crippen LogP contribution in [0.15, 0.2) is 6.20 Å². The average Bonchev–Trinajstić information content (AvgIpc) is 2.99. The van der Waals surface area contributed by atoms with Crippen LogP contribution in [0.2, 0.25) is 0 Å². The van der Waals surface area contributed by atoms with Gasteiger partial charge in [0.05, 0.1) is 12.2 Å². The van der Waals surface area contributed by atoms with Crippen LogP contribution in [0.5, 0.6) is 0 Å². The second kappa shape index (κ2) is 3.56. The van der Waals surface area contributed by atoms with Crippen LogP contribution in [-0.2, 0) is 6.42 Å². The number of fused-ring (bicyclic) bond motifs is 4. The number of likely N-dealkylation sites (tertiary alicyclic amines) is 1. The van der Waals surface area contributed by atoms with Crippen LogP contribution in [0.1, 0.15) is 42.6 Å². The first-order valence-corrected chi connectivity index (χ1v) is 6.82. The highest BCUT2D eigenvalue weighted by Crippen LogP contribution is 2.37. The molecule has 1 aromatic heterocycles. The Morgan fingerprint density at radius 1 is 1.35 bits per heavy atom. The van der Waals surface area contributed by atoms with Crippen LogP contribution in [0.3, 0.4) is 0 Å². The molecule has 92 valence electrons. The maximum Gasteiger partial charge on any atom is 0.0661 e. The predicted octanol–water partition coefficient (Wildman–Crippen LogP) is 1.11. The van der Waals surface area contributed by atoms with E-state index in [4.69, 9.17) is 0 Å². The van der Waals surface area contributed by atoms with Gasteiger partial charge in [-0.1, -0.05) is 0 Å². The number of aromatic nitrogens is 2. The van der Waals surface area contributed by atoms with Gasteiger partial charge in [0.15, 0.2) is 0 Å². The third-order valence-corrected chi connectivity index (χ3v) is 4.70. The molecule has 3 aliphatic rings. The minimum Gasteiger partial charge on any atom is -0.307 e. The molecule has 1 aromatic rings. The van der Waals surface area contributed by atoms with Crippen molar-refractivity contribution >= 4 is 0 Å². The Morgan fingerprint density at radius 3 is 3.12 bits per heavy atom. The SMILES string of the molecule is CN1CCC(n2ncc3c2CC2CCC3N2)C1. The van der Waals surface area contributed by atoms with Crippen molar-refractivity contribution in [2.24, 2.45) is 0 Å². The standard InChI is InChI=1S/C13H20N4/c1-16-5-4-10(8-16)17-13-6-9-2-3-12(15-9)11(13)7-14-17/h7,9-10,12,15H,2-6,8H2,1H3. The van der Waals surface area contributed by atoms with E-state index in [9.17, 15) is 0 Å². The van der Waals surface area contributed by atoms with Crippen molar-refractivity contribution in [1.29, 1.82) is 0 Å². The van der Waals surface area contributed by atoms with Crippen molar-refractivity contribution in [2.75, 3.05) is 20.1 Å². The summed E-state index contributed by atoms with van der Waals surface area (Å²) < 4.78 is 2.34. The van der Waals surface area contributed by atoms with E-state index in [0.29, 0.717) is 18.1 Å². The zero-order chi connectivity index (χ0) is 11.4.